The number of amides is 1. The first-order chi connectivity index (χ1) is 11.9. The number of hydrogen-bond donors (Lipinski definition) is 1. The van der Waals surface area contributed by atoms with Crippen molar-refractivity contribution in [2.24, 2.45) is 0 Å². The van der Waals surface area contributed by atoms with E-state index in [4.69, 9.17) is 27.9 Å². The van der Waals surface area contributed by atoms with E-state index in [-0.39, 0.29) is 24.6 Å². The van der Waals surface area contributed by atoms with E-state index in [2.05, 4.69) is 5.32 Å². The molecule has 0 aliphatic heterocycles. The van der Waals surface area contributed by atoms with Gasteiger partial charge in [0.2, 0.25) is 0 Å². The third-order valence-corrected chi connectivity index (χ3v) is 4.20. The van der Waals surface area contributed by atoms with Crippen molar-refractivity contribution < 1.29 is 14.3 Å². The van der Waals surface area contributed by atoms with E-state index in [1.807, 2.05) is 31.2 Å². The molecule has 2 aromatic rings. The average molecular weight is 380 g/mol. The highest BCUT2D eigenvalue weighted by atomic mass is 35.5. The lowest BCUT2D eigenvalue weighted by Crippen LogP contribution is -2.31. The summed E-state index contributed by atoms with van der Waals surface area (Å²) in [7, 11) is 0. The van der Waals surface area contributed by atoms with E-state index < -0.39 is 11.9 Å². The van der Waals surface area contributed by atoms with Crippen LogP contribution in [0.1, 0.15) is 40.9 Å². The quantitative estimate of drug-likeness (QED) is 0.738. The Morgan fingerprint density at radius 2 is 1.80 bits per heavy atom. The minimum atomic E-state index is -0.526. The molecule has 6 heteroatoms. The first-order valence-electron chi connectivity index (χ1n) is 7.88. The van der Waals surface area contributed by atoms with Crippen molar-refractivity contribution in [3.8, 4) is 0 Å². The molecular weight excluding hydrogens is 361 g/mol. The number of rotatable bonds is 6. The van der Waals surface area contributed by atoms with Gasteiger partial charge in [-0.25, -0.2) is 0 Å². The van der Waals surface area contributed by atoms with Gasteiger partial charge in [-0.3, -0.25) is 9.59 Å². The number of halogens is 2. The monoisotopic (exact) mass is 379 g/mol. The number of carbonyl (C=O) groups excluding carboxylic acids is 2. The third-order valence-electron chi connectivity index (χ3n) is 3.63. The highest BCUT2D eigenvalue weighted by molar-refractivity contribution is 6.35. The molecule has 132 valence electrons. The lowest BCUT2D eigenvalue weighted by Gasteiger charge is -2.19. The standard InChI is InChI=1S/C19H19Cl2NO3/c1-3-25-18(23)11-17(13-6-4-12(2)5-7-13)22-19(24)15-10-14(20)8-9-16(15)21/h4-10,17H,3,11H2,1-2H3,(H,22,24)/t17-/m1/s1. The number of hydrogen-bond acceptors (Lipinski definition) is 3. The first kappa shape index (κ1) is 19.3. The van der Waals surface area contributed by atoms with E-state index in [9.17, 15) is 9.59 Å². The van der Waals surface area contributed by atoms with Crippen molar-refractivity contribution in [3.63, 3.8) is 0 Å². The fourth-order valence-electron chi connectivity index (χ4n) is 2.35. The lowest BCUT2D eigenvalue weighted by atomic mass is 10.0. The van der Waals surface area contributed by atoms with Gasteiger partial charge in [0.15, 0.2) is 0 Å². The van der Waals surface area contributed by atoms with Crippen molar-refractivity contribution in [3.05, 3.63) is 69.2 Å². The van der Waals surface area contributed by atoms with E-state index >= 15 is 0 Å². The van der Waals surface area contributed by atoms with Crippen LogP contribution in [0, 0.1) is 6.92 Å². The molecule has 0 aromatic heterocycles. The predicted molar refractivity (Wildman–Crippen MR) is 99.1 cm³/mol. The molecule has 2 aromatic carbocycles. The second-order valence-corrected chi connectivity index (χ2v) is 6.41. The molecule has 25 heavy (non-hydrogen) atoms. The zero-order chi connectivity index (χ0) is 18.4. The summed E-state index contributed by atoms with van der Waals surface area (Å²) in [5.41, 5.74) is 2.16. The van der Waals surface area contributed by atoms with Gasteiger partial charge >= 0.3 is 5.97 Å². The molecule has 0 aliphatic rings. The number of benzene rings is 2. The molecule has 0 bridgehead atoms. The van der Waals surface area contributed by atoms with Crippen LogP contribution in [0.3, 0.4) is 0 Å². The Morgan fingerprint density at radius 3 is 2.44 bits per heavy atom. The maximum Gasteiger partial charge on any atom is 0.308 e. The zero-order valence-electron chi connectivity index (χ0n) is 14.0. The van der Waals surface area contributed by atoms with Crippen LogP contribution in [0.4, 0.5) is 0 Å². The topological polar surface area (TPSA) is 55.4 Å². The van der Waals surface area contributed by atoms with Crippen molar-refractivity contribution in [2.45, 2.75) is 26.3 Å². The van der Waals surface area contributed by atoms with Gasteiger partial charge in [0, 0.05) is 5.02 Å². The van der Waals surface area contributed by atoms with Gasteiger partial charge in [-0.05, 0) is 37.6 Å². The fraction of sp³-hybridized carbons (Fsp3) is 0.263. The Morgan fingerprint density at radius 1 is 1.12 bits per heavy atom. The van der Waals surface area contributed by atoms with E-state index in [1.54, 1.807) is 19.1 Å². The van der Waals surface area contributed by atoms with Gasteiger partial charge < -0.3 is 10.1 Å². The largest absolute Gasteiger partial charge is 0.466 e. The fourth-order valence-corrected chi connectivity index (χ4v) is 2.72. The smallest absolute Gasteiger partial charge is 0.308 e. The molecule has 4 nitrogen and oxygen atoms in total. The molecular formula is C19H19Cl2NO3. The Kier molecular flexibility index (Phi) is 6.85. The highest BCUT2D eigenvalue weighted by Crippen LogP contribution is 2.23. The molecule has 0 radical (unpaired) electrons. The highest BCUT2D eigenvalue weighted by Gasteiger charge is 2.21. The molecule has 0 spiro atoms. The van der Waals surface area contributed by atoms with Crippen LogP contribution >= 0.6 is 23.2 Å². The van der Waals surface area contributed by atoms with Gasteiger partial charge in [0.05, 0.1) is 29.7 Å². The van der Waals surface area contributed by atoms with Crippen LogP contribution in [-0.4, -0.2) is 18.5 Å². The van der Waals surface area contributed by atoms with Crippen molar-refractivity contribution in [1.82, 2.24) is 5.32 Å². The lowest BCUT2D eigenvalue weighted by molar-refractivity contribution is -0.143. The Labute approximate surface area is 157 Å². The summed E-state index contributed by atoms with van der Waals surface area (Å²) in [6, 6.07) is 11.7. The number of aryl methyl sites for hydroxylation is 1. The summed E-state index contributed by atoms with van der Waals surface area (Å²) in [6.07, 6.45) is 0.0286. The molecule has 2 rings (SSSR count). The summed E-state index contributed by atoms with van der Waals surface area (Å²) >= 11 is 12.0. The Bertz CT molecular complexity index is 760. The third kappa shape index (κ3) is 5.48. The molecule has 1 atom stereocenters. The molecule has 0 aliphatic carbocycles. The zero-order valence-corrected chi connectivity index (χ0v) is 15.5. The van der Waals surface area contributed by atoms with Crippen LogP contribution in [0.25, 0.3) is 0 Å². The molecule has 0 heterocycles. The summed E-state index contributed by atoms with van der Waals surface area (Å²) in [4.78, 5) is 24.5. The number of carbonyl (C=O) groups is 2. The van der Waals surface area contributed by atoms with Crippen LogP contribution in [0.2, 0.25) is 10.0 Å². The molecule has 0 unspecified atom stereocenters. The van der Waals surface area contributed by atoms with Crippen LogP contribution in [0.5, 0.6) is 0 Å². The van der Waals surface area contributed by atoms with Crippen molar-refractivity contribution >= 4 is 35.1 Å². The Hall–Kier alpha value is -2.04. The van der Waals surface area contributed by atoms with E-state index in [0.717, 1.165) is 11.1 Å². The number of nitrogens with one attached hydrogen (secondary N) is 1. The first-order valence-corrected chi connectivity index (χ1v) is 8.64. The maximum atomic E-state index is 12.6. The minimum absolute atomic E-state index is 0.0286. The van der Waals surface area contributed by atoms with Gasteiger partial charge in [0.25, 0.3) is 5.91 Å². The number of esters is 1. The van der Waals surface area contributed by atoms with Crippen molar-refractivity contribution in [2.75, 3.05) is 6.61 Å². The molecule has 0 saturated carbocycles. The summed E-state index contributed by atoms with van der Waals surface area (Å²) < 4.78 is 5.01. The minimum Gasteiger partial charge on any atom is -0.466 e. The Balaban J connectivity index is 2.25. The van der Waals surface area contributed by atoms with E-state index in [1.165, 1.54) is 6.07 Å². The second kappa shape index (κ2) is 8.88. The summed E-state index contributed by atoms with van der Waals surface area (Å²) in [5, 5.41) is 3.54. The second-order valence-electron chi connectivity index (χ2n) is 5.57. The molecule has 0 fully saturated rings. The van der Waals surface area contributed by atoms with Gasteiger partial charge in [-0.1, -0.05) is 53.0 Å². The molecule has 1 amide bonds. The van der Waals surface area contributed by atoms with Crippen LogP contribution in [0.15, 0.2) is 42.5 Å². The summed E-state index contributed by atoms with van der Waals surface area (Å²) in [6.45, 7) is 3.99. The molecule has 1 N–H and O–H groups in total. The van der Waals surface area contributed by atoms with E-state index in [0.29, 0.717) is 10.0 Å². The van der Waals surface area contributed by atoms with Crippen LogP contribution in [-0.2, 0) is 9.53 Å². The SMILES string of the molecule is CCOC(=O)C[C@@H](NC(=O)c1cc(Cl)ccc1Cl)c1ccc(C)cc1. The maximum absolute atomic E-state index is 12.6. The summed E-state index contributed by atoms with van der Waals surface area (Å²) in [5.74, 6) is -0.784. The predicted octanol–water partition coefficient (Wildman–Crippen LogP) is 4.73. The molecule has 0 saturated heterocycles. The average Bonchev–Trinajstić information content (AvgIpc) is 2.57. The van der Waals surface area contributed by atoms with Gasteiger partial charge in [0.1, 0.15) is 0 Å². The van der Waals surface area contributed by atoms with Crippen LogP contribution < -0.4 is 5.32 Å². The number of ether oxygens (including phenoxy) is 1. The van der Waals surface area contributed by atoms with Crippen molar-refractivity contribution in [1.29, 1.82) is 0 Å². The normalized spacial score (nSPS) is 11.7. The van der Waals surface area contributed by atoms with Gasteiger partial charge in [-0.15, -0.1) is 0 Å². The van der Waals surface area contributed by atoms with Gasteiger partial charge in [-0.2, -0.15) is 0 Å².